The standard InChI is InChI=1S/C19H16F3N5O3/c1-3-15(28)25-10-14-16-13(18(29)23-2)8-9-24-17(16)27(26-14)11-4-6-12(7-5-11)30-19(20,21)22/h3-9H,1,10H2,2H3,(H,23,29)(H,25,28). The third-order valence-electron chi connectivity index (χ3n) is 4.04. The minimum Gasteiger partial charge on any atom is -0.406 e. The Bertz CT molecular complexity index is 1110. The first-order chi connectivity index (χ1) is 14.2. The van der Waals surface area contributed by atoms with Gasteiger partial charge in [-0.05, 0) is 36.4 Å². The molecule has 11 heteroatoms. The third kappa shape index (κ3) is 4.40. The van der Waals surface area contributed by atoms with Crippen molar-refractivity contribution in [2.24, 2.45) is 0 Å². The fraction of sp³-hybridized carbons (Fsp3) is 0.158. The number of fused-ring (bicyclic) bond motifs is 1. The summed E-state index contributed by atoms with van der Waals surface area (Å²) in [5.41, 5.74) is 1.32. The lowest BCUT2D eigenvalue weighted by Crippen LogP contribution is -2.21. The van der Waals surface area contributed by atoms with Crippen LogP contribution in [0.2, 0.25) is 0 Å². The van der Waals surface area contributed by atoms with Crippen molar-refractivity contribution >= 4 is 22.8 Å². The minimum absolute atomic E-state index is 0.0146. The Kier molecular flexibility index (Phi) is 5.72. The number of carbonyl (C=O) groups excluding carboxylic acids is 2. The quantitative estimate of drug-likeness (QED) is 0.599. The summed E-state index contributed by atoms with van der Waals surface area (Å²) < 4.78 is 42.4. The molecule has 0 radical (unpaired) electrons. The first-order valence-electron chi connectivity index (χ1n) is 8.58. The number of ether oxygens (including phenoxy) is 1. The minimum atomic E-state index is -4.81. The van der Waals surface area contributed by atoms with Crippen molar-refractivity contribution in [3.63, 3.8) is 0 Å². The predicted octanol–water partition coefficient (Wildman–Crippen LogP) is 2.48. The number of carbonyl (C=O) groups is 2. The highest BCUT2D eigenvalue weighted by atomic mass is 19.4. The average molecular weight is 419 g/mol. The maximum atomic E-state index is 12.4. The second kappa shape index (κ2) is 8.23. The van der Waals surface area contributed by atoms with Gasteiger partial charge in [-0.2, -0.15) is 5.10 Å². The number of benzene rings is 1. The van der Waals surface area contributed by atoms with Crippen molar-refractivity contribution in [3.8, 4) is 11.4 Å². The molecule has 0 fully saturated rings. The van der Waals surface area contributed by atoms with Gasteiger partial charge in [-0.1, -0.05) is 6.58 Å². The zero-order chi connectivity index (χ0) is 21.9. The number of aromatic nitrogens is 3. The number of hydrogen-bond acceptors (Lipinski definition) is 5. The molecule has 0 atom stereocenters. The summed E-state index contributed by atoms with van der Waals surface area (Å²) in [7, 11) is 1.47. The van der Waals surface area contributed by atoms with Crippen molar-refractivity contribution in [2.75, 3.05) is 7.05 Å². The van der Waals surface area contributed by atoms with Crippen LogP contribution in [0.1, 0.15) is 16.1 Å². The topological polar surface area (TPSA) is 98.1 Å². The van der Waals surface area contributed by atoms with Crippen molar-refractivity contribution in [1.29, 1.82) is 0 Å². The van der Waals surface area contributed by atoms with E-state index in [4.69, 9.17) is 0 Å². The van der Waals surface area contributed by atoms with E-state index in [9.17, 15) is 22.8 Å². The lowest BCUT2D eigenvalue weighted by molar-refractivity contribution is -0.274. The van der Waals surface area contributed by atoms with E-state index in [0.717, 1.165) is 18.2 Å². The van der Waals surface area contributed by atoms with Crippen LogP contribution in [0.4, 0.5) is 13.2 Å². The number of alkyl halides is 3. The lowest BCUT2D eigenvalue weighted by atomic mass is 10.1. The highest BCUT2D eigenvalue weighted by Gasteiger charge is 2.31. The summed E-state index contributed by atoms with van der Waals surface area (Å²) in [5, 5.41) is 9.92. The molecule has 3 rings (SSSR count). The van der Waals surface area contributed by atoms with Crippen LogP contribution in [0.15, 0.2) is 49.2 Å². The molecular weight excluding hydrogens is 403 g/mol. The molecular formula is C19H16F3N5O3. The summed E-state index contributed by atoms with van der Waals surface area (Å²) in [6, 6.07) is 6.52. The maximum Gasteiger partial charge on any atom is 0.573 e. The Balaban J connectivity index is 2.09. The van der Waals surface area contributed by atoms with Gasteiger partial charge in [0.05, 0.1) is 28.9 Å². The Labute approximate surface area is 168 Å². The smallest absolute Gasteiger partial charge is 0.406 e. The number of amides is 2. The Hall–Kier alpha value is -3.89. The van der Waals surface area contributed by atoms with E-state index in [2.05, 4.69) is 32.0 Å². The number of hydrogen-bond donors (Lipinski definition) is 2. The molecule has 30 heavy (non-hydrogen) atoms. The molecule has 0 aliphatic carbocycles. The van der Waals surface area contributed by atoms with Gasteiger partial charge in [0.25, 0.3) is 5.91 Å². The monoisotopic (exact) mass is 419 g/mol. The molecule has 156 valence electrons. The highest BCUT2D eigenvalue weighted by molar-refractivity contribution is 6.06. The van der Waals surface area contributed by atoms with Crippen LogP contribution in [0, 0.1) is 0 Å². The van der Waals surface area contributed by atoms with Crippen LogP contribution in [0.25, 0.3) is 16.7 Å². The van der Waals surface area contributed by atoms with E-state index in [1.165, 1.54) is 36.1 Å². The molecule has 2 N–H and O–H groups in total. The molecule has 2 heterocycles. The summed E-state index contributed by atoms with van der Waals surface area (Å²) in [5.74, 6) is -1.20. The summed E-state index contributed by atoms with van der Waals surface area (Å²) in [6.45, 7) is 3.36. The van der Waals surface area contributed by atoms with Gasteiger partial charge in [0.15, 0.2) is 5.65 Å². The largest absolute Gasteiger partial charge is 0.573 e. The number of rotatable bonds is 6. The molecule has 0 saturated carbocycles. The van der Waals surface area contributed by atoms with Gasteiger partial charge in [0.1, 0.15) is 5.75 Å². The second-order valence-electron chi connectivity index (χ2n) is 5.96. The molecule has 0 aliphatic heterocycles. The van der Waals surface area contributed by atoms with Gasteiger partial charge >= 0.3 is 6.36 Å². The average Bonchev–Trinajstić information content (AvgIpc) is 3.09. The number of nitrogens with one attached hydrogen (secondary N) is 2. The van der Waals surface area contributed by atoms with Crippen molar-refractivity contribution in [3.05, 3.63) is 60.4 Å². The van der Waals surface area contributed by atoms with E-state index >= 15 is 0 Å². The Morgan fingerprint density at radius 2 is 1.93 bits per heavy atom. The number of pyridine rings is 1. The van der Waals surface area contributed by atoms with E-state index in [1.54, 1.807) is 0 Å². The van der Waals surface area contributed by atoms with Gasteiger partial charge in [-0.15, -0.1) is 13.2 Å². The second-order valence-corrected chi connectivity index (χ2v) is 5.96. The van der Waals surface area contributed by atoms with Crippen LogP contribution in [0.5, 0.6) is 5.75 Å². The zero-order valence-electron chi connectivity index (χ0n) is 15.7. The Morgan fingerprint density at radius 3 is 2.53 bits per heavy atom. The molecule has 2 aromatic heterocycles. The van der Waals surface area contributed by atoms with E-state index in [1.807, 2.05) is 0 Å². The van der Waals surface area contributed by atoms with Gasteiger partial charge in [-0.3, -0.25) is 9.59 Å². The SMILES string of the molecule is C=CC(=O)NCc1nn(-c2ccc(OC(F)(F)F)cc2)c2nccc(C(=O)NC)c12. The van der Waals surface area contributed by atoms with Gasteiger partial charge in [-0.25, -0.2) is 9.67 Å². The summed E-state index contributed by atoms with van der Waals surface area (Å²) in [4.78, 5) is 28.1. The molecule has 0 bridgehead atoms. The van der Waals surface area contributed by atoms with Crippen molar-refractivity contribution < 1.29 is 27.5 Å². The van der Waals surface area contributed by atoms with Crippen LogP contribution in [0.3, 0.4) is 0 Å². The molecule has 8 nitrogen and oxygen atoms in total. The molecule has 0 saturated heterocycles. The number of halogens is 3. The van der Waals surface area contributed by atoms with Gasteiger partial charge in [0.2, 0.25) is 5.91 Å². The molecule has 1 aromatic carbocycles. The fourth-order valence-electron chi connectivity index (χ4n) is 2.77. The van der Waals surface area contributed by atoms with Crippen molar-refractivity contribution in [2.45, 2.75) is 12.9 Å². The first-order valence-corrected chi connectivity index (χ1v) is 8.58. The van der Waals surface area contributed by atoms with Crippen molar-refractivity contribution in [1.82, 2.24) is 25.4 Å². The van der Waals surface area contributed by atoms with E-state index < -0.39 is 12.3 Å². The van der Waals surface area contributed by atoms with Crippen LogP contribution < -0.4 is 15.4 Å². The molecule has 0 spiro atoms. The summed E-state index contributed by atoms with van der Waals surface area (Å²) in [6.07, 6.45) is -2.30. The van der Waals surface area contributed by atoms with E-state index in [0.29, 0.717) is 22.4 Å². The number of nitrogens with zero attached hydrogens (tertiary/aromatic N) is 3. The molecule has 2 amide bonds. The molecule has 0 unspecified atom stereocenters. The van der Waals surface area contributed by atoms with Crippen LogP contribution in [-0.2, 0) is 11.3 Å². The van der Waals surface area contributed by atoms with Gasteiger partial charge < -0.3 is 15.4 Å². The van der Waals surface area contributed by atoms with E-state index in [-0.39, 0.29) is 23.8 Å². The van der Waals surface area contributed by atoms with Crippen LogP contribution >= 0.6 is 0 Å². The predicted molar refractivity (Wildman–Crippen MR) is 101 cm³/mol. The summed E-state index contributed by atoms with van der Waals surface area (Å²) >= 11 is 0. The zero-order valence-corrected chi connectivity index (χ0v) is 15.7. The lowest BCUT2D eigenvalue weighted by Gasteiger charge is -2.09. The fourth-order valence-corrected chi connectivity index (χ4v) is 2.77. The Morgan fingerprint density at radius 1 is 1.23 bits per heavy atom. The highest BCUT2D eigenvalue weighted by Crippen LogP contribution is 2.27. The third-order valence-corrected chi connectivity index (χ3v) is 4.04. The molecule has 0 aliphatic rings. The van der Waals surface area contributed by atoms with Crippen LogP contribution in [-0.4, -0.2) is 40.0 Å². The normalized spacial score (nSPS) is 11.2. The molecule has 3 aromatic rings. The maximum absolute atomic E-state index is 12.4. The van der Waals surface area contributed by atoms with Gasteiger partial charge in [0, 0.05) is 13.2 Å². The first kappa shape index (κ1) is 20.8.